The molecule has 0 heterocycles. The molecule has 0 aliphatic heterocycles. The van der Waals surface area contributed by atoms with E-state index in [4.69, 9.17) is 9.47 Å². The number of hydrogen-bond acceptors (Lipinski definition) is 4. The second-order valence-electron chi connectivity index (χ2n) is 6.08. The van der Waals surface area contributed by atoms with E-state index in [1.54, 1.807) is 6.92 Å². The standard InChI is InChI=1S/C17H26O4/c1-12(2)9-16(18)20-10-14-5-7-15(8-6-14)11-21-17(19)13(3)4/h14-15H,1,3,5-11H2,2,4H3. The third kappa shape index (κ3) is 7.11. The van der Waals surface area contributed by atoms with Gasteiger partial charge in [0, 0.05) is 5.57 Å². The van der Waals surface area contributed by atoms with Crippen LogP contribution >= 0.6 is 0 Å². The third-order valence-electron chi connectivity index (χ3n) is 3.69. The van der Waals surface area contributed by atoms with Crippen LogP contribution in [-0.2, 0) is 19.1 Å². The van der Waals surface area contributed by atoms with Gasteiger partial charge in [0.05, 0.1) is 19.6 Å². The van der Waals surface area contributed by atoms with E-state index < -0.39 is 0 Å². The second kappa shape index (κ2) is 8.65. The van der Waals surface area contributed by atoms with Crippen molar-refractivity contribution in [2.24, 2.45) is 11.8 Å². The number of ether oxygens (including phenoxy) is 2. The maximum Gasteiger partial charge on any atom is 0.333 e. The van der Waals surface area contributed by atoms with Crippen LogP contribution in [0.3, 0.4) is 0 Å². The first-order chi connectivity index (χ1) is 9.88. The number of carbonyl (C=O) groups is 2. The fourth-order valence-electron chi connectivity index (χ4n) is 2.39. The molecule has 1 fully saturated rings. The Hall–Kier alpha value is -1.58. The Bertz CT molecular complexity index is 403. The Kier molecular flexibility index (Phi) is 7.20. The summed E-state index contributed by atoms with van der Waals surface area (Å²) in [4.78, 5) is 22.8. The van der Waals surface area contributed by atoms with Gasteiger partial charge in [-0.2, -0.15) is 0 Å². The van der Waals surface area contributed by atoms with Gasteiger partial charge < -0.3 is 9.47 Å². The van der Waals surface area contributed by atoms with Crippen molar-refractivity contribution in [1.29, 1.82) is 0 Å². The largest absolute Gasteiger partial charge is 0.465 e. The molecule has 0 atom stereocenters. The molecule has 0 spiro atoms. The van der Waals surface area contributed by atoms with Crippen molar-refractivity contribution < 1.29 is 19.1 Å². The van der Waals surface area contributed by atoms with Gasteiger partial charge in [-0.25, -0.2) is 4.79 Å². The molecule has 0 aromatic rings. The maximum atomic E-state index is 11.5. The summed E-state index contributed by atoms with van der Waals surface area (Å²) in [6.07, 6.45) is 4.33. The molecule has 4 heteroatoms. The molecule has 1 aliphatic carbocycles. The minimum absolute atomic E-state index is 0.194. The monoisotopic (exact) mass is 294 g/mol. The molecular weight excluding hydrogens is 268 g/mol. The van der Waals surface area contributed by atoms with E-state index >= 15 is 0 Å². The van der Waals surface area contributed by atoms with Crippen LogP contribution in [0.25, 0.3) is 0 Å². The molecule has 0 radical (unpaired) electrons. The van der Waals surface area contributed by atoms with Crippen molar-refractivity contribution in [2.45, 2.75) is 46.0 Å². The fourth-order valence-corrected chi connectivity index (χ4v) is 2.39. The van der Waals surface area contributed by atoms with Crippen molar-refractivity contribution in [2.75, 3.05) is 13.2 Å². The predicted molar refractivity (Wildman–Crippen MR) is 81.6 cm³/mol. The molecule has 1 rings (SSSR count). The van der Waals surface area contributed by atoms with E-state index in [9.17, 15) is 9.59 Å². The zero-order valence-corrected chi connectivity index (χ0v) is 13.2. The topological polar surface area (TPSA) is 52.6 Å². The van der Waals surface area contributed by atoms with Gasteiger partial charge in [-0.15, -0.1) is 0 Å². The fraction of sp³-hybridized carbons (Fsp3) is 0.647. The van der Waals surface area contributed by atoms with Gasteiger partial charge in [-0.05, 0) is 51.4 Å². The van der Waals surface area contributed by atoms with Crippen LogP contribution in [-0.4, -0.2) is 25.2 Å². The number of rotatable bonds is 7. The van der Waals surface area contributed by atoms with Gasteiger partial charge in [0.15, 0.2) is 0 Å². The van der Waals surface area contributed by atoms with Gasteiger partial charge in [0.1, 0.15) is 0 Å². The Morgan fingerprint density at radius 2 is 1.43 bits per heavy atom. The first-order valence-electron chi connectivity index (χ1n) is 7.51. The molecular formula is C17H26O4. The summed E-state index contributed by atoms with van der Waals surface area (Å²) in [5, 5.41) is 0. The quantitative estimate of drug-likeness (QED) is 0.410. The van der Waals surface area contributed by atoms with Crippen LogP contribution in [0.15, 0.2) is 24.3 Å². The van der Waals surface area contributed by atoms with Gasteiger partial charge in [-0.1, -0.05) is 18.7 Å². The minimum Gasteiger partial charge on any atom is -0.465 e. The van der Waals surface area contributed by atoms with E-state index in [0.29, 0.717) is 37.0 Å². The van der Waals surface area contributed by atoms with E-state index in [1.807, 2.05) is 6.92 Å². The highest BCUT2D eigenvalue weighted by Crippen LogP contribution is 2.29. The average molecular weight is 294 g/mol. The molecule has 0 unspecified atom stereocenters. The third-order valence-corrected chi connectivity index (χ3v) is 3.69. The average Bonchev–Trinajstić information content (AvgIpc) is 2.42. The Balaban J connectivity index is 2.17. The van der Waals surface area contributed by atoms with Crippen molar-refractivity contribution in [1.82, 2.24) is 0 Å². The number of carbonyl (C=O) groups excluding carboxylic acids is 2. The molecule has 1 aliphatic rings. The highest BCUT2D eigenvalue weighted by molar-refractivity contribution is 5.86. The Morgan fingerprint density at radius 1 is 0.952 bits per heavy atom. The maximum absolute atomic E-state index is 11.5. The van der Waals surface area contributed by atoms with Gasteiger partial charge in [0.2, 0.25) is 0 Å². The van der Waals surface area contributed by atoms with Crippen LogP contribution in [0.5, 0.6) is 0 Å². The van der Waals surface area contributed by atoms with Crippen molar-refractivity contribution >= 4 is 11.9 Å². The lowest BCUT2D eigenvalue weighted by Crippen LogP contribution is -2.24. The molecule has 4 nitrogen and oxygen atoms in total. The molecule has 0 aromatic heterocycles. The van der Waals surface area contributed by atoms with E-state index in [0.717, 1.165) is 31.3 Å². The molecule has 0 aromatic carbocycles. The summed E-state index contributed by atoms with van der Waals surface area (Å²) < 4.78 is 10.4. The normalized spacial score (nSPS) is 21.4. The first-order valence-corrected chi connectivity index (χ1v) is 7.51. The summed E-state index contributed by atoms with van der Waals surface area (Å²) in [6.45, 7) is 11.7. The molecule has 21 heavy (non-hydrogen) atoms. The van der Waals surface area contributed by atoms with Crippen molar-refractivity contribution in [3.63, 3.8) is 0 Å². The van der Waals surface area contributed by atoms with Crippen molar-refractivity contribution in [3.05, 3.63) is 24.3 Å². The number of hydrogen-bond donors (Lipinski definition) is 0. The predicted octanol–water partition coefficient (Wildman–Crippen LogP) is 3.42. The lowest BCUT2D eigenvalue weighted by molar-refractivity contribution is -0.145. The van der Waals surface area contributed by atoms with Crippen molar-refractivity contribution in [3.8, 4) is 0 Å². The SMILES string of the molecule is C=C(C)CC(=O)OCC1CCC(COC(=O)C(=C)C)CC1. The van der Waals surface area contributed by atoms with Crippen LogP contribution in [0.4, 0.5) is 0 Å². The minimum atomic E-state index is -0.314. The molecule has 0 bridgehead atoms. The second-order valence-corrected chi connectivity index (χ2v) is 6.08. The zero-order chi connectivity index (χ0) is 15.8. The smallest absolute Gasteiger partial charge is 0.333 e. The lowest BCUT2D eigenvalue weighted by Gasteiger charge is -2.27. The summed E-state index contributed by atoms with van der Waals surface area (Å²) >= 11 is 0. The Labute approximate surface area is 127 Å². The van der Waals surface area contributed by atoms with Crippen LogP contribution in [0.1, 0.15) is 46.0 Å². The highest BCUT2D eigenvalue weighted by Gasteiger charge is 2.23. The summed E-state index contributed by atoms with van der Waals surface area (Å²) in [7, 11) is 0. The lowest BCUT2D eigenvalue weighted by atomic mass is 9.83. The zero-order valence-electron chi connectivity index (χ0n) is 13.2. The summed E-state index contributed by atoms with van der Waals surface area (Å²) in [5.41, 5.74) is 1.26. The number of esters is 2. The van der Waals surface area contributed by atoms with Crippen LogP contribution in [0, 0.1) is 11.8 Å². The molecule has 0 N–H and O–H groups in total. The first kappa shape index (κ1) is 17.5. The highest BCUT2D eigenvalue weighted by atomic mass is 16.5. The molecule has 0 amide bonds. The molecule has 1 saturated carbocycles. The van der Waals surface area contributed by atoms with Gasteiger partial charge >= 0.3 is 11.9 Å². The molecule has 0 saturated heterocycles. The Morgan fingerprint density at radius 3 is 1.86 bits per heavy atom. The van der Waals surface area contributed by atoms with E-state index in [2.05, 4.69) is 13.2 Å². The van der Waals surface area contributed by atoms with Gasteiger partial charge in [0.25, 0.3) is 0 Å². The van der Waals surface area contributed by atoms with Gasteiger partial charge in [-0.3, -0.25) is 4.79 Å². The summed E-state index contributed by atoms with van der Waals surface area (Å²) in [5.74, 6) is 0.327. The van der Waals surface area contributed by atoms with Crippen LogP contribution < -0.4 is 0 Å². The van der Waals surface area contributed by atoms with Crippen LogP contribution in [0.2, 0.25) is 0 Å². The van der Waals surface area contributed by atoms with E-state index in [1.165, 1.54) is 0 Å². The summed E-state index contributed by atoms with van der Waals surface area (Å²) in [6, 6.07) is 0. The molecule has 118 valence electrons. The van der Waals surface area contributed by atoms with E-state index in [-0.39, 0.29) is 11.9 Å².